The van der Waals surface area contributed by atoms with Crippen LogP contribution in [-0.2, 0) is 0 Å². The molecule has 0 fully saturated rings. The van der Waals surface area contributed by atoms with E-state index < -0.39 is 0 Å². The molecule has 12 rings (SSSR count). The van der Waals surface area contributed by atoms with Crippen molar-refractivity contribution in [3.05, 3.63) is 212 Å². The molecule has 0 N–H and O–H groups in total. The molecule has 12 aromatic rings. The van der Waals surface area contributed by atoms with E-state index in [1.165, 1.54) is 11.1 Å². The molecule has 0 saturated heterocycles. The topological polar surface area (TPSA) is 65.0 Å². The molecule has 0 atom stereocenters. The van der Waals surface area contributed by atoms with E-state index in [9.17, 15) is 0 Å². The Balaban J connectivity index is 1.09. The summed E-state index contributed by atoms with van der Waals surface area (Å²) in [5.41, 5.74) is 14.7. The maximum absolute atomic E-state index is 6.57. The van der Waals surface area contributed by atoms with Crippen LogP contribution in [0.4, 0.5) is 0 Å². The number of hydrogen-bond donors (Lipinski definition) is 0. The van der Waals surface area contributed by atoms with E-state index in [1.54, 1.807) is 0 Å². The lowest BCUT2D eigenvalue weighted by Crippen LogP contribution is -2.01. The van der Waals surface area contributed by atoms with Gasteiger partial charge in [0.15, 0.2) is 17.5 Å². The minimum absolute atomic E-state index is 0.549. The van der Waals surface area contributed by atoms with Gasteiger partial charge in [0.2, 0.25) is 0 Å². The Labute approximate surface area is 357 Å². The Morgan fingerprint density at radius 3 is 1.23 bits per heavy atom. The van der Waals surface area contributed by atoms with Gasteiger partial charge in [-0.05, 0) is 87.0 Å². The predicted molar refractivity (Wildman–Crippen MR) is 252 cm³/mol. The summed E-state index contributed by atoms with van der Waals surface area (Å²) in [5.74, 6) is 1.67. The van der Waals surface area contributed by atoms with Gasteiger partial charge in [-0.15, -0.1) is 0 Å². The summed E-state index contributed by atoms with van der Waals surface area (Å²) in [4.78, 5) is 16.0. The van der Waals surface area contributed by atoms with Gasteiger partial charge in [-0.25, -0.2) is 15.0 Å². The predicted octanol–water partition coefficient (Wildman–Crippen LogP) is 15.3. The van der Waals surface area contributed by atoms with Crippen molar-refractivity contribution in [3.63, 3.8) is 0 Å². The average molecular weight is 794 g/mol. The van der Waals surface area contributed by atoms with Crippen molar-refractivity contribution >= 4 is 43.9 Å². The highest BCUT2D eigenvalue weighted by molar-refractivity contribution is 6.14. The summed E-state index contributed by atoms with van der Waals surface area (Å²) in [6.07, 6.45) is 0. The molecule has 5 heteroatoms. The number of rotatable bonds is 7. The Kier molecular flexibility index (Phi) is 8.42. The van der Waals surface area contributed by atoms with Crippen molar-refractivity contribution in [2.24, 2.45) is 0 Å². The summed E-state index contributed by atoms with van der Waals surface area (Å²) >= 11 is 0. The average Bonchev–Trinajstić information content (AvgIpc) is 3.93. The third-order valence-corrected chi connectivity index (χ3v) is 11.8. The van der Waals surface area contributed by atoms with Gasteiger partial charge < -0.3 is 8.83 Å². The number of furan rings is 2. The van der Waals surface area contributed by atoms with E-state index in [0.717, 1.165) is 93.9 Å². The molecule has 5 nitrogen and oxygen atoms in total. The quantitative estimate of drug-likeness (QED) is 0.161. The fourth-order valence-corrected chi connectivity index (χ4v) is 8.82. The minimum atomic E-state index is 0.549. The van der Waals surface area contributed by atoms with Crippen LogP contribution in [0.1, 0.15) is 0 Å². The summed E-state index contributed by atoms with van der Waals surface area (Å²) in [6.45, 7) is 0. The summed E-state index contributed by atoms with van der Waals surface area (Å²) in [6, 6.07) is 73.4. The molecule has 9 aromatic carbocycles. The van der Waals surface area contributed by atoms with Crippen molar-refractivity contribution in [1.29, 1.82) is 0 Å². The minimum Gasteiger partial charge on any atom is -0.456 e. The second-order valence-corrected chi connectivity index (χ2v) is 15.5. The zero-order valence-electron chi connectivity index (χ0n) is 33.4. The Bertz CT molecular complexity index is 3630. The molecule has 0 aliphatic rings. The van der Waals surface area contributed by atoms with Crippen molar-refractivity contribution in [2.75, 3.05) is 0 Å². The van der Waals surface area contributed by atoms with Gasteiger partial charge in [0.05, 0.1) is 0 Å². The second kappa shape index (κ2) is 14.7. The number of hydrogen-bond acceptors (Lipinski definition) is 5. The van der Waals surface area contributed by atoms with Crippen LogP contribution in [0.25, 0.3) is 123 Å². The molecule has 62 heavy (non-hydrogen) atoms. The van der Waals surface area contributed by atoms with Crippen LogP contribution in [0.15, 0.2) is 221 Å². The van der Waals surface area contributed by atoms with Crippen LogP contribution in [0.5, 0.6) is 0 Å². The van der Waals surface area contributed by atoms with Crippen LogP contribution in [0.3, 0.4) is 0 Å². The molecule has 3 heterocycles. The molecule has 0 amide bonds. The van der Waals surface area contributed by atoms with Gasteiger partial charge >= 0.3 is 0 Å². The Morgan fingerprint density at radius 1 is 0.242 bits per heavy atom. The fraction of sp³-hybridized carbons (Fsp3) is 0. The monoisotopic (exact) mass is 793 g/mol. The Hall–Kier alpha value is -8.41. The maximum Gasteiger partial charge on any atom is 0.164 e. The molecule has 0 aliphatic heterocycles. The van der Waals surface area contributed by atoms with E-state index in [-0.39, 0.29) is 0 Å². The molecular weight excluding hydrogens is 759 g/mol. The number of fused-ring (bicyclic) bond motifs is 6. The first kappa shape index (κ1) is 35.5. The molecule has 0 aliphatic carbocycles. The third-order valence-electron chi connectivity index (χ3n) is 11.8. The highest BCUT2D eigenvalue weighted by Crippen LogP contribution is 2.42. The molecule has 0 unspecified atom stereocenters. The summed E-state index contributed by atoms with van der Waals surface area (Å²) in [7, 11) is 0. The van der Waals surface area contributed by atoms with Gasteiger partial charge in [-0.1, -0.05) is 170 Å². The normalized spacial score (nSPS) is 11.5. The first-order chi connectivity index (χ1) is 30.7. The van der Waals surface area contributed by atoms with Crippen LogP contribution in [0, 0.1) is 0 Å². The lowest BCUT2D eigenvalue weighted by atomic mass is 9.93. The lowest BCUT2D eigenvalue weighted by Gasteiger charge is -2.12. The molecule has 0 spiro atoms. The Morgan fingerprint density at radius 2 is 0.645 bits per heavy atom. The summed E-state index contributed by atoms with van der Waals surface area (Å²) in [5, 5.41) is 3.89. The molecule has 0 saturated carbocycles. The molecule has 290 valence electrons. The van der Waals surface area contributed by atoms with Crippen LogP contribution in [-0.4, -0.2) is 15.0 Å². The zero-order chi connectivity index (χ0) is 41.0. The van der Waals surface area contributed by atoms with Crippen LogP contribution in [0.2, 0.25) is 0 Å². The van der Waals surface area contributed by atoms with Crippen molar-refractivity contribution in [1.82, 2.24) is 15.0 Å². The van der Waals surface area contributed by atoms with Crippen molar-refractivity contribution in [3.8, 4) is 78.7 Å². The standard InChI is InChI=1S/C57H35N3O2/c1-4-15-36(16-5-1)39-21-12-22-42(33-39)55-58-56(45-25-13-27-51-53(45)47-34-40(29-31-49(47)61-51)37-17-6-2-7-18-37)60-57(59-55)46-26-14-28-52-54(46)48-35-41(30-32-50(48)62-52)44-24-11-10-23-43(44)38-19-8-3-9-20-38/h1-35H. The number of nitrogens with zero attached hydrogens (tertiary/aromatic N) is 3. The zero-order valence-corrected chi connectivity index (χ0v) is 33.4. The van der Waals surface area contributed by atoms with E-state index in [4.69, 9.17) is 23.8 Å². The van der Waals surface area contributed by atoms with Crippen LogP contribution >= 0.6 is 0 Å². The number of aromatic nitrogens is 3. The van der Waals surface area contributed by atoms with Crippen molar-refractivity contribution in [2.45, 2.75) is 0 Å². The second-order valence-electron chi connectivity index (χ2n) is 15.5. The molecular formula is C57H35N3O2. The summed E-state index contributed by atoms with van der Waals surface area (Å²) < 4.78 is 13.1. The van der Waals surface area contributed by atoms with Crippen molar-refractivity contribution < 1.29 is 8.83 Å². The van der Waals surface area contributed by atoms with E-state index >= 15 is 0 Å². The van der Waals surface area contributed by atoms with Gasteiger partial charge in [-0.3, -0.25) is 0 Å². The van der Waals surface area contributed by atoms with Crippen LogP contribution < -0.4 is 0 Å². The third kappa shape index (κ3) is 6.14. The van der Waals surface area contributed by atoms with Gasteiger partial charge in [0.25, 0.3) is 0 Å². The molecule has 3 aromatic heterocycles. The fourth-order valence-electron chi connectivity index (χ4n) is 8.82. The highest BCUT2D eigenvalue weighted by Gasteiger charge is 2.22. The van der Waals surface area contributed by atoms with Gasteiger partial charge in [-0.2, -0.15) is 0 Å². The maximum atomic E-state index is 6.57. The first-order valence-corrected chi connectivity index (χ1v) is 20.8. The number of benzene rings is 9. The molecule has 0 bridgehead atoms. The van der Waals surface area contributed by atoms with Gasteiger partial charge in [0, 0.05) is 38.2 Å². The van der Waals surface area contributed by atoms with Gasteiger partial charge in [0.1, 0.15) is 22.3 Å². The SMILES string of the molecule is c1ccc(-c2cccc(-c3nc(-c4cccc5oc6ccc(-c7ccccc7)cc6c45)nc(-c4cccc5oc6ccc(-c7ccccc7-c7ccccc7)cc6c45)n3)c2)cc1. The lowest BCUT2D eigenvalue weighted by molar-refractivity contribution is 0.668. The largest absolute Gasteiger partial charge is 0.456 e. The van der Waals surface area contributed by atoms with E-state index in [0.29, 0.717) is 17.5 Å². The van der Waals surface area contributed by atoms with E-state index in [1.807, 2.05) is 36.4 Å². The molecule has 0 radical (unpaired) electrons. The highest BCUT2D eigenvalue weighted by atomic mass is 16.3. The van der Waals surface area contributed by atoms with E-state index in [2.05, 4.69) is 176 Å². The smallest absolute Gasteiger partial charge is 0.164 e. The first-order valence-electron chi connectivity index (χ1n) is 20.8.